The van der Waals surface area contributed by atoms with Crippen molar-refractivity contribution in [2.75, 3.05) is 19.6 Å². The second-order valence-electron chi connectivity index (χ2n) is 6.58. The monoisotopic (exact) mass is 294 g/mol. The van der Waals surface area contributed by atoms with E-state index < -0.39 is 0 Å². The second kappa shape index (κ2) is 8.49. The quantitative estimate of drug-likeness (QED) is 0.759. The molecule has 0 saturated carbocycles. The first-order valence-corrected chi connectivity index (χ1v) is 8.44. The number of nitrogens with one attached hydrogen (secondary N) is 1. The lowest BCUT2D eigenvalue weighted by Gasteiger charge is -2.24. The summed E-state index contributed by atoms with van der Waals surface area (Å²) in [5.41, 5.74) is 0. The van der Waals surface area contributed by atoms with Gasteiger partial charge >= 0.3 is 0 Å². The molecule has 1 aliphatic rings. The van der Waals surface area contributed by atoms with Gasteiger partial charge in [0.15, 0.2) is 5.82 Å². The van der Waals surface area contributed by atoms with Crippen molar-refractivity contribution in [3.05, 3.63) is 11.7 Å². The molecule has 5 heteroatoms. The summed E-state index contributed by atoms with van der Waals surface area (Å²) in [7, 11) is 0. The maximum atomic E-state index is 5.35. The summed E-state index contributed by atoms with van der Waals surface area (Å²) < 4.78 is 5.35. The van der Waals surface area contributed by atoms with Crippen molar-refractivity contribution in [2.24, 2.45) is 5.92 Å². The SMILES string of the molecule is CCCCN(Cc1noc(CC(C)C)n1)CC1CCCN1. The van der Waals surface area contributed by atoms with Crippen LogP contribution in [0.3, 0.4) is 0 Å². The molecular weight excluding hydrogens is 264 g/mol. The molecule has 21 heavy (non-hydrogen) atoms. The lowest BCUT2D eigenvalue weighted by Crippen LogP contribution is -2.38. The van der Waals surface area contributed by atoms with Crippen molar-refractivity contribution in [3.8, 4) is 0 Å². The van der Waals surface area contributed by atoms with Gasteiger partial charge in [0.25, 0.3) is 0 Å². The molecular formula is C16H30N4O. The van der Waals surface area contributed by atoms with Crippen LogP contribution >= 0.6 is 0 Å². The Kier molecular flexibility index (Phi) is 6.64. The van der Waals surface area contributed by atoms with E-state index in [1.54, 1.807) is 0 Å². The van der Waals surface area contributed by atoms with Crippen LogP contribution in [0.25, 0.3) is 0 Å². The normalized spacial score (nSPS) is 19.0. The summed E-state index contributed by atoms with van der Waals surface area (Å²) in [4.78, 5) is 7.00. The van der Waals surface area contributed by atoms with E-state index >= 15 is 0 Å². The maximum Gasteiger partial charge on any atom is 0.226 e. The Balaban J connectivity index is 1.88. The van der Waals surface area contributed by atoms with E-state index in [0.29, 0.717) is 12.0 Å². The summed E-state index contributed by atoms with van der Waals surface area (Å²) in [6.45, 7) is 10.7. The Morgan fingerprint density at radius 1 is 1.43 bits per heavy atom. The van der Waals surface area contributed by atoms with Crippen LogP contribution in [0.2, 0.25) is 0 Å². The molecule has 0 spiro atoms. The molecule has 1 aliphatic heterocycles. The Labute approximate surface area is 128 Å². The summed E-state index contributed by atoms with van der Waals surface area (Å²) in [6, 6.07) is 0.629. The third kappa shape index (κ3) is 5.75. The van der Waals surface area contributed by atoms with Crippen LogP contribution in [0.1, 0.15) is 58.2 Å². The molecule has 1 aromatic heterocycles. The third-order valence-electron chi connectivity index (χ3n) is 3.93. The van der Waals surface area contributed by atoms with Crippen LogP contribution in [0, 0.1) is 5.92 Å². The van der Waals surface area contributed by atoms with Crippen molar-refractivity contribution in [1.82, 2.24) is 20.4 Å². The van der Waals surface area contributed by atoms with Gasteiger partial charge in [-0.2, -0.15) is 4.98 Å². The lowest BCUT2D eigenvalue weighted by atomic mass is 10.1. The van der Waals surface area contributed by atoms with Gasteiger partial charge in [0.2, 0.25) is 5.89 Å². The van der Waals surface area contributed by atoms with Crippen LogP contribution in [0.15, 0.2) is 4.52 Å². The minimum Gasteiger partial charge on any atom is -0.339 e. The number of unbranched alkanes of at least 4 members (excludes halogenated alkanes) is 1. The number of nitrogens with zero attached hydrogens (tertiary/aromatic N) is 3. The number of rotatable bonds is 9. The lowest BCUT2D eigenvalue weighted by molar-refractivity contribution is 0.228. The van der Waals surface area contributed by atoms with Crippen LogP contribution in [-0.4, -0.2) is 40.7 Å². The van der Waals surface area contributed by atoms with Crippen molar-refractivity contribution < 1.29 is 4.52 Å². The summed E-state index contributed by atoms with van der Waals surface area (Å²) in [5, 5.41) is 7.72. The largest absolute Gasteiger partial charge is 0.339 e. The Morgan fingerprint density at radius 2 is 2.29 bits per heavy atom. The van der Waals surface area contributed by atoms with Gasteiger partial charge in [-0.25, -0.2) is 0 Å². The van der Waals surface area contributed by atoms with E-state index in [4.69, 9.17) is 4.52 Å². The van der Waals surface area contributed by atoms with Crippen LogP contribution in [0.5, 0.6) is 0 Å². The van der Waals surface area contributed by atoms with E-state index in [1.165, 1.54) is 25.7 Å². The molecule has 0 bridgehead atoms. The molecule has 120 valence electrons. The highest BCUT2D eigenvalue weighted by Crippen LogP contribution is 2.11. The smallest absolute Gasteiger partial charge is 0.226 e. The minimum absolute atomic E-state index is 0.553. The molecule has 0 aliphatic carbocycles. The van der Waals surface area contributed by atoms with Gasteiger partial charge in [0.1, 0.15) is 0 Å². The molecule has 1 aromatic rings. The molecule has 2 rings (SSSR count). The minimum atomic E-state index is 0.553. The topological polar surface area (TPSA) is 54.2 Å². The number of hydrogen-bond acceptors (Lipinski definition) is 5. The van der Waals surface area contributed by atoms with Crippen LogP contribution in [0.4, 0.5) is 0 Å². The van der Waals surface area contributed by atoms with Gasteiger partial charge in [0.05, 0.1) is 6.54 Å². The predicted molar refractivity (Wildman–Crippen MR) is 84.0 cm³/mol. The average Bonchev–Trinajstić information content (AvgIpc) is 3.07. The van der Waals surface area contributed by atoms with Gasteiger partial charge in [-0.3, -0.25) is 4.90 Å². The average molecular weight is 294 g/mol. The number of hydrogen-bond donors (Lipinski definition) is 1. The molecule has 0 radical (unpaired) electrons. The number of aromatic nitrogens is 2. The highest BCUT2D eigenvalue weighted by atomic mass is 16.5. The fourth-order valence-corrected chi connectivity index (χ4v) is 2.83. The van der Waals surface area contributed by atoms with Gasteiger partial charge < -0.3 is 9.84 Å². The second-order valence-corrected chi connectivity index (χ2v) is 6.58. The van der Waals surface area contributed by atoms with E-state index in [1.807, 2.05) is 0 Å². The highest BCUT2D eigenvalue weighted by Gasteiger charge is 2.19. The third-order valence-corrected chi connectivity index (χ3v) is 3.93. The van der Waals surface area contributed by atoms with Gasteiger partial charge in [-0.05, 0) is 38.3 Å². The first kappa shape index (κ1) is 16.4. The fraction of sp³-hybridized carbons (Fsp3) is 0.875. The van der Waals surface area contributed by atoms with Crippen molar-refractivity contribution in [2.45, 2.75) is 65.5 Å². The molecule has 1 fully saturated rings. The first-order chi connectivity index (χ1) is 10.2. The maximum absolute atomic E-state index is 5.35. The first-order valence-electron chi connectivity index (χ1n) is 8.44. The van der Waals surface area contributed by atoms with Crippen LogP contribution in [-0.2, 0) is 13.0 Å². The molecule has 1 N–H and O–H groups in total. The summed E-state index contributed by atoms with van der Waals surface area (Å²) >= 11 is 0. The Morgan fingerprint density at radius 3 is 2.95 bits per heavy atom. The van der Waals surface area contributed by atoms with E-state index in [9.17, 15) is 0 Å². The zero-order chi connectivity index (χ0) is 15.1. The van der Waals surface area contributed by atoms with E-state index in [0.717, 1.165) is 44.3 Å². The van der Waals surface area contributed by atoms with Crippen molar-refractivity contribution in [1.29, 1.82) is 0 Å². The van der Waals surface area contributed by atoms with E-state index in [-0.39, 0.29) is 0 Å². The zero-order valence-corrected chi connectivity index (χ0v) is 13.8. The molecule has 0 aromatic carbocycles. The fourth-order valence-electron chi connectivity index (χ4n) is 2.83. The van der Waals surface area contributed by atoms with Crippen molar-refractivity contribution >= 4 is 0 Å². The molecule has 1 saturated heterocycles. The molecule has 0 amide bonds. The Bertz CT molecular complexity index is 399. The summed E-state index contributed by atoms with van der Waals surface area (Å²) in [5.74, 6) is 2.16. The van der Waals surface area contributed by atoms with Crippen molar-refractivity contribution in [3.63, 3.8) is 0 Å². The molecule has 1 unspecified atom stereocenters. The molecule has 5 nitrogen and oxygen atoms in total. The van der Waals surface area contributed by atoms with E-state index in [2.05, 4.69) is 41.1 Å². The summed E-state index contributed by atoms with van der Waals surface area (Å²) in [6.07, 6.45) is 5.90. The predicted octanol–water partition coefficient (Wildman–Crippen LogP) is 2.62. The van der Waals surface area contributed by atoms with Gasteiger partial charge in [-0.15, -0.1) is 0 Å². The van der Waals surface area contributed by atoms with Gasteiger partial charge in [0, 0.05) is 19.0 Å². The highest BCUT2D eigenvalue weighted by molar-refractivity contribution is 4.88. The molecule has 1 atom stereocenters. The van der Waals surface area contributed by atoms with Gasteiger partial charge in [-0.1, -0.05) is 32.3 Å². The zero-order valence-electron chi connectivity index (χ0n) is 13.8. The Hall–Kier alpha value is -0.940. The van der Waals surface area contributed by atoms with Crippen LogP contribution < -0.4 is 5.32 Å². The standard InChI is InChI=1S/C16H30N4O/c1-4-5-9-20(11-14-7-6-8-17-14)12-15-18-16(21-19-15)10-13(2)3/h13-14,17H,4-12H2,1-3H3. The molecule has 2 heterocycles.